The Morgan fingerprint density at radius 2 is 2.00 bits per heavy atom. The Labute approximate surface area is 182 Å². The largest absolute Gasteiger partial charge is 0.469 e. The number of aryl methyl sites for hydroxylation is 1. The van der Waals surface area contributed by atoms with Gasteiger partial charge in [0.15, 0.2) is 5.96 Å². The summed E-state index contributed by atoms with van der Waals surface area (Å²) < 4.78 is 10.8. The quantitative estimate of drug-likeness (QED) is 0.329. The van der Waals surface area contributed by atoms with Crippen LogP contribution in [0, 0.1) is 6.92 Å². The van der Waals surface area contributed by atoms with Crippen LogP contribution in [0.5, 0.6) is 0 Å². The van der Waals surface area contributed by atoms with Crippen molar-refractivity contribution in [2.45, 2.75) is 19.9 Å². The number of thiophene rings is 1. The first-order valence-electron chi connectivity index (χ1n) is 9.19. The zero-order valence-corrected chi connectivity index (χ0v) is 18.9. The van der Waals surface area contributed by atoms with Gasteiger partial charge in [-0.25, -0.2) is 4.99 Å². The number of rotatable bonds is 8. The molecule has 0 unspecified atom stereocenters. The van der Waals surface area contributed by atoms with Crippen molar-refractivity contribution in [2.75, 3.05) is 45.9 Å². The Morgan fingerprint density at radius 1 is 1.19 bits per heavy atom. The fraction of sp³-hybridized carbons (Fsp3) is 0.526. The summed E-state index contributed by atoms with van der Waals surface area (Å²) in [5, 5.41) is 6.87. The Balaban J connectivity index is 0.00000261. The Morgan fingerprint density at radius 3 is 2.70 bits per heavy atom. The minimum Gasteiger partial charge on any atom is -0.469 e. The van der Waals surface area contributed by atoms with Crippen LogP contribution < -0.4 is 10.6 Å². The van der Waals surface area contributed by atoms with E-state index in [9.17, 15) is 0 Å². The first-order valence-corrected chi connectivity index (χ1v) is 10.0. The van der Waals surface area contributed by atoms with Gasteiger partial charge in [-0.1, -0.05) is 0 Å². The molecule has 1 fully saturated rings. The third kappa shape index (κ3) is 8.20. The maximum absolute atomic E-state index is 5.40. The maximum Gasteiger partial charge on any atom is 0.191 e. The van der Waals surface area contributed by atoms with Gasteiger partial charge < -0.3 is 19.8 Å². The van der Waals surface area contributed by atoms with E-state index in [-0.39, 0.29) is 24.0 Å². The van der Waals surface area contributed by atoms with Crippen LogP contribution in [0.2, 0.25) is 0 Å². The molecule has 0 aromatic carbocycles. The summed E-state index contributed by atoms with van der Waals surface area (Å²) in [5.74, 6) is 1.84. The number of furan rings is 1. The monoisotopic (exact) mass is 504 g/mol. The van der Waals surface area contributed by atoms with Crippen LogP contribution in [0.3, 0.4) is 0 Å². The van der Waals surface area contributed by atoms with Crippen molar-refractivity contribution in [3.63, 3.8) is 0 Å². The molecule has 8 heteroatoms. The van der Waals surface area contributed by atoms with Gasteiger partial charge in [-0.3, -0.25) is 4.90 Å². The number of hydrogen-bond acceptors (Lipinski definition) is 5. The first kappa shape index (κ1) is 22.2. The molecule has 0 aliphatic carbocycles. The average molecular weight is 504 g/mol. The van der Waals surface area contributed by atoms with E-state index in [4.69, 9.17) is 14.1 Å². The lowest BCUT2D eigenvalue weighted by atomic mass is 10.3. The number of halogens is 1. The summed E-state index contributed by atoms with van der Waals surface area (Å²) in [6, 6.07) is 8.21. The van der Waals surface area contributed by atoms with Gasteiger partial charge in [-0.05, 0) is 31.2 Å². The Bertz CT molecular complexity index is 669. The molecule has 1 aliphatic heterocycles. The summed E-state index contributed by atoms with van der Waals surface area (Å²) in [4.78, 5) is 9.76. The normalized spacial score (nSPS) is 15.4. The molecule has 2 aromatic heterocycles. The van der Waals surface area contributed by atoms with Crippen molar-refractivity contribution >= 4 is 41.3 Å². The zero-order chi connectivity index (χ0) is 18.0. The van der Waals surface area contributed by atoms with Gasteiger partial charge in [0.2, 0.25) is 0 Å². The van der Waals surface area contributed by atoms with Gasteiger partial charge in [0.1, 0.15) is 5.76 Å². The summed E-state index contributed by atoms with van der Waals surface area (Å²) in [6.45, 7) is 9.17. The molecular formula is C19H29IN4O2S. The van der Waals surface area contributed by atoms with Crippen molar-refractivity contribution in [1.29, 1.82) is 0 Å². The topological polar surface area (TPSA) is 62.0 Å². The molecule has 1 aliphatic rings. The standard InChI is InChI=1S/C19H28N4O2S.HI/c1-16-4-5-18(26-16)15-22-19(20-7-6-17-3-2-12-25-17)21-8-9-23-10-13-24-14-11-23;/h2-5,12H,6-11,13-15H2,1H3,(H2,20,21,22);1H. The summed E-state index contributed by atoms with van der Waals surface area (Å²) in [6.07, 6.45) is 2.55. The van der Waals surface area contributed by atoms with E-state index in [2.05, 4.69) is 34.6 Å². The van der Waals surface area contributed by atoms with E-state index in [1.54, 1.807) is 17.6 Å². The van der Waals surface area contributed by atoms with Crippen molar-refractivity contribution in [3.05, 3.63) is 46.0 Å². The first-order chi connectivity index (χ1) is 12.8. The molecule has 27 heavy (non-hydrogen) atoms. The minimum atomic E-state index is 0. The third-order valence-electron chi connectivity index (χ3n) is 4.26. The second-order valence-electron chi connectivity index (χ2n) is 6.31. The molecule has 150 valence electrons. The van der Waals surface area contributed by atoms with Gasteiger partial charge in [-0.15, -0.1) is 35.3 Å². The van der Waals surface area contributed by atoms with Crippen LogP contribution in [-0.2, 0) is 17.7 Å². The van der Waals surface area contributed by atoms with E-state index in [0.29, 0.717) is 6.54 Å². The van der Waals surface area contributed by atoms with E-state index < -0.39 is 0 Å². The van der Waals surface area contributed by atoms with Crippen LogP contribution in [-0.4, -0.2) is 56.8 Å². The molecule has 0 radical (unpaired) electrons. The van der Waals surface area contributed by atoms with Gasteiger partial charge in [-0.2, -0.15) is 0 Å². The molecule has 0 spiro atoms. The molecular weight excluding hydrogens is 475 g/mol. The van der Waals surface area contributed by atoms with Crippen molar-refractivity contribution in [3.8, 4) is 0 Å². The molecule has 0 amide bonds. The molecule has 6 nitrogen and oxygen atoms in total. The van der Waals surface area contributed by atoms with Gasteiger partial charge in [0.25, 0.3) is 0 Å². The number of nitrogens with one attached hydrogen (secondary N) is 2. The second-order valence-corrected chi connectivity index (χ2v) is 7.69. The molecule has 2 N–H and O–H groups in total. The fourth-order valence-electron chi connectivity index (χ4n) is 2.82. The number of nitrogens with zero attached hydrogens (tertiary/aromatic N) is 2. The molecule has 3 rings (SSSR count). The van der Waals surface area contributed by atoms with Gasteiger partial charge in [0.05, 0.1) is 26.0 Å². The van der Waals surface area contributed by atoms with Crippen molar-refractivity contribution in [1.82, 2.24) is 15.5 Å². The highest BCUT2D eigenvalue weighted by Crippen LogP contribution is 2.15. The maximum atomic E-state index is 5.40. The molecule has 0 saturated carbocycles. The molecule has 0 atom stereocenters. The van der Waals surface area contributed by atoms with Gasteiger partial charge >= 0.3 is 0 Å². The lowest BCUT2D eigenvalue weighted by molar-refractivity contribution is 0.0389. The lowest BCUT2D eigenvalue weighted by Crippen LogP contribution is -2.44. The van der Waals surface area contributed by atoms with E-state index in [1.807, 2.05) is 12.1 Å². The van der Waals surface area contributed by atoms with Crippen molar-refractivity contribution in [2.24, 2.45) is 4.99 Å². The molecule has 3 heterocycles. The summed E-state index contributed by atoms with van der Waals surface area (Å²) in [5.41, 5.74) is 0. The van der Waals surface area contributed by atoms with E-state index in [1.165, 1.54) is 9.75 Å². The lowest BCUT2D eigenvalue weighted by Gasteiger charge is -2.26. The van der Waals surface area contributed by atoms with Gasteiger partial charge in [0, 0.05) is 48.9 Å². The highest BCUT2D eigenvalue weighted by molar-refractivity contribution is 14.0. The summed E-state index contributed by atoms with van der Waals surface area (Å²) >= 11 is 1.80. The Hall–Kier alpha value is -1.10. The molecule has 1 saturated heterocycles. The second kappa shape index (κ2) is 12.4. The number of aliphatic imine (C=N–C) groups is 1. The van der Waals surface area contributed by atoms with Crippen LogP contribution in [0.15, 0.2) is 39.9 Å². The SMILES string of the molecule is Cc1ccc(CN=C(NCCc2ccco2)NCCN2CCOCC2)s1.I. The highest BCUT2D eigenvalue weighted by atomic mass is 127. The van der Waals surface area contributed by atoms with E-state index in [0.717, 1.165) is 64.1 Å². The number of ether oxygens (including phenoxy) is 1. The van der Waals surface area contributed by atoms with Crippen LogP contribution in [0.25, 0.3) is 0 Å². The highest BCUT2D eigenvalue weighted by Gasteiger charge is 2.10. The third-order valence-corrected chi connectivity index (χ3v) is 5.24. The zero-order valence-electron chi connectivity index (χ0n) is 15.8. The average Bonchev–Trinajstić information content (AvgIpc) is 3.32. The number of guanidine groups is 1. The number of morpholine rings is 1. The Kier molecular flexibility index (Phi) is 10.2. The van der Waals surface area contributed by atoms with Crippen LogP contribution in [0.1, 0.15) is 15.5 Å². The molecule has 2 aromatic rings. The van der Waals surface area contributed by atoms with E-state index >= 15 is 0 Å². The predicted octanol–water partition coefficient (Wildman–Crippen LogP) is 2.88. The fourth-order valence-corrected chi connectivity index (χ4v) is 3.63. The minimum absolute atomic E-state index is 0. The molecule has 0 bridgehead atoms. The predicted molar refractivity (Wildman–Crippen MR) is 121 cm³/mol. The van der Waals surface area contributed by atoms with Crippen LogP contribution >= 0.6 is 35.3 Å². The van der Waals surface area contributed by atoms with Crippen molar-refractivity contribution < 1.29 is 9.15 Å². The number of hydrogen-bond donors (Lipinski definition) is 2. The van der Waals surface area contributed by atoms with Crippen LogP contribution in [0.4, 0.5) is 0 Å². The summed E-state index contributed by atoms with van der Waals surface area (Å²) in [7, 11) is 0. The smallest absolute Gasteiger partial charge is 0.191 e.